The van der Waals surface area contributed by atoms with Gasteiger partial charge in [-0.3, -0.25) is 4.79 Å². The van der Waals surface area contributed by atoms with E-state index in [0.717, 1.165) is 18.0 Å². The second-order valence-electron chi connectivity index (χ2n) is 6.06. The van der Waals surface area contributed by atoms with Crippen molar-refractivity contribution in [2.45, 2.75) is 45.1 Å². The third-order valence-electron chi connectivity index (χ3n) is 4.46. The van der Waals surface area contributed by atoms with Gasteiger partial charge in [0.2, 0.25) is 5.91 Å². The molecule has 110 valence electrons. The molecule has 1 aromatic rings. The first-order valence-electron chi connectivity index (χ1n) is 7.74. The molecular formula is C17H26N2O. The van der Waals surface area contributed by atoms with Gasteiger partial charge in [-0.1, -0.05) is 56.5 Å². The van der Waals surface area contributed by atoms with Gasteiger partial charge in [0.25, 0.3) is 0 Å². The zero-order valence-corrected chi connectivity index (χ0v) is 12.3. The predicted molar refractivity (Wildman–Crippen MR) is 82.3 cm³/mol. The van der Waals surface area contributed by atoms with Crippen LogP contribution in [0.15, 0.2) is 30.3 Å². The van der Waals surface area contributed by atoms with Crippen molar-refractivity contribution in [3.8, 4) is 0 Å². The van der Waals surface area contributed by atoms with Gasteiger partial charge in [0.15, 0.2) is 0 Å². The number of nitrogens with one attached hydrogen (secondary N) is 1. The molecule has 1 saturated carbocycles. The van der Waals surface area contributed by atoms with Crippen molar-refractivity contribution in [1.29, 1.82) is 0 Å². The molecular weight excluding hydrogens is 248 g/mol. The summed E-state index contributed by atoms with van der Waals surface area (Å²) in [5, 5.41) is 3.04. The van der Waals surface area contributed by atoms with E-state index in [1.807, 2.05) is 30.3 Å². The highest BCUT2D eigenvalue weighted by Crippen LogP contribution is 2.28. The maximum Gasteiger partial charge on any atom is 0.237 e. The van der Waals surface area contributed by atoms with Gasteiger partial charge in [0, 0.05) is 6.54 Å². The molecule has 3 nitrogen and oxygen atoms in total. The van der Waals surface area contributed by atoms with Crippen molar-refractivity contribution in [3.05, 3.63) is 35.9 Å². The summed E-state index contributed by atoms with van der Waals surface area (Å²) in [6, 6.07) is 9.50. The third-order valence-corrected chi connectivity index (χ3v) is 4.46. The van der Waals surface area contributed by atoms with Gasteiger partial charge < -0.3 is 11.1 Å². The predicted octanol–water partition coefficient (Wildman–Crippen LogP) is 2.50. The molecule has 1 aliphatic carbocycles. The third kappa shape index (κ3) is 4.34. The summed E-state index contributed by atoms with van der Waals surface area (Å²) >= 11 is 0. The van der Waals surface area contributed by atoms with Gasteiger partial charge in [-0.05, 0) is 30.2 Å². The lowest BCUT2D eigenvalue weighted by Gasteiger charge is -2.29. The normalized spacial score (nSPS) is 24.1. The van der Waals surface area contributed by atoms with E-state index in [2.05, 4.69) is 12.2 Å². The average Bonchev–Trinajstić information content (AvgIpc) is 2.47. The second-order valence-corrected chi connectivity index (χ2v) is 6.06. The van der Waals surface area contributed by atoms with Gasteiger partial charge in [0.1, 0.15) is 0 Å². The van der Waals surface area contributed by atoms with E-state index >= 15 is 0 Å². The Balaban J connectivity index is 1.76. The average molecular weight is 274 g/mol. The Morgan fingerprint density at radius 3 is 2.70 bits per heavy atom. The number of rotatable bonds is 5. The van der Waals surface area contributed by atoms with E-state index in [4.69, 9.17) is 5.73 Å². The Bertz CT molecular complexity index is 418. The molecule has 0 bridgehead atoms. The fraction of sp³-hybridized carbons (Fsp3) is 0.588. The number of benzene rings is 1. The number of carbonyl (C=O) groups is 1. The van der Waals surface area contributed by atoms with E-state index in [9.17, 15) is 4.79 Å². The zero-order chi connectivity index (χ0) is 14.4. The summed E-state index contributed by atoms with van der Waals surface area (Å²) < 4.78 is 0. The van der Waals surface area contributed by atoms with Crippen LogP contribution in [0.1, 0.15) is 38.2 Å². The molecule has 1 aromatic carbocycles. The first kappa shape index (κ1) is 15.0. The van der Waals surface area contributed by atoms with E-state index in [1.165, 1.54) is 25.7 Å². The maximum absolute atomic E-state index is 12.1. The SMILES string of the molecule is CC1CCCCC1CNC(=O)[C@@H](N)Cc1ccccc1. The largest absolute Gasteiger partial charge is 0.354 e. The lowest BCUT2D eigenvalue weighted by Crippen LogP contribution is -2.44. The summed E-state index contributed by atoms with van der Waals surface area (Å²) in [5.74, 6) is 1.32. The molecule has 0 heterocycles. The molecule has 0 radical (unpaired) electrons. The van der Waals surface area contributed by atoms with Gasteiger partial charge in [0.05, 0.1) is 6.04 Å². The summed E-state index contributed by atoms with van der Waals surface area (Å²) in [7, 11) is 0. The van der Waals surface area contributed by atoms with Crippen LogP contribution in [0.2, 0.25) is 0 Å². The van der Waals surface area contributed by atoms with Crippen LogP contribution in [0, 0.1) is 11.8 Å². The highest BCUT2D eigenvalue weighted by Gasteiger charge is 2.22. The van der Waals surface area contributed by atoms with Gasteiger partial charge in [-0.2, -0.15) is 0 Å². The van der Waals surface area contributed by atoms with Crippen LogP contribution in [-0.2, 0) is 11.2 Å². The van der Waals surface area contributed by atoms with Gasteiger partial charge in [-0.25, -0.2) is 0 Å². The fourth-order valence-electron chi connectivity index (χ4n) is 3.02. The summed E-state index contributed by atoms with van der Waals surface area (Å²) in [5.41, 5.74) is 7.10. The number of hydrogen-bond acceptors (Lipinski definition) is 2. The van der Waals surface area contributed by atoms with Crippen LogP contribution in [0.4, 0.5) is 0 Å². The number of hydrogen-bond donors (Lipinski definition) is 2. The van der Waals surface area contributed by atoms with Crippen LogP contribution in [0.25, 0.3) is 0 Å². The van der Waals surface area contributed by atoms with Crippen molar-refractivity contribution >= 4 is 5.91 Å². The Morgan fingerprint density at radius 2 is 2.00 bits per heavy atom. The number of amides is 1. The quantitative estimate of drug-likeness (QED) is 0.866. The summed E-state index contributed by atoms with van der Waals surface area (Å²) in [4.78, 5) is 12.1. The van der Waals surface area contributed by atoms with Crippen molar-refractivity contribution in [1.82, 2.24) is 5.32 Å². The van der Waals surface area contributed by atoms with Crippen molar-refractivity contribution in [2.75, 3.05) is 6.54 Å². The van der Waals surface area contributed by atoms with Gasteiger partial charge >= 0.3 is 0 Å². The first-order chi connectivity index (χ1) is 9.66. The molecule has 0 aromatic heterocycles. The molecule has 3 heteroatoms. The molecule has 1 amide bonds. The number of carbonyl (C=O) groups excluding carboxylic acids is 1. The van der Waals surface area contributed by atoms with E-state index < -0.39 is 6.04 Å². The molecule has 1 fully saturated rings. The molecule has 0 saturated heterocycles. The Morgan fingerprint density at radius 1 is 1.30 bits per heavy atom. The van der Waals surface area contributed by atoms with E-state index in [1.54, 1.807) is 0 Å². The number of nitrogens with two attached hydrogens (primary N) is 1. The summed E-state index contributed by atoms with van der Waals surface area (Å²) in [6.07, 6.45) is 5.75. The zero-order valence-electron chi connectivity index (χ0n) is 12.3. The molecule has 20 heavy (non-hydrogen) atoms. The van der Waals surface area contributed by atoms with Crippen LogP contribution in [-0.4, -0.2) is 18.5 Å². The smallest absolute Gasteiger partial charge is 0.237 e. The first-order valence-corrected chi connectivity index (χ1v) is 7.74. The molecule has 2 rings (SSSR count). The monoisotopic (exact) mass is 274 g/mol. The highest BCUT2D eigenvalue weighted by atomic mass is 16.2. The Labute approximate surface area is 121 Å². The standard InChI is InChI=1S/C17H26N2O/c1-13-7-5-6-10-15(13)12-19-17(20)16(18)11-14-8-3-2-4-9-14/h2-4,8-9,13,15-16H,5-7,10-12,18H2,1H3,(H,19,20)/t13?,15?,16-/m0/s1. The van der Waals surface area contributed by atoms with Crippen molar-refractivity contribution in [3.63, 3.8) is 0 Å². The van der Waals surface area contributed by atoms with Crippen LogP contribution < -0.4 is 11.1 Å². The Hall–Kier alpha value is -1.35. The van der Waals surface area contributed by atoms with Crippen LogP contribution >= 0.6 is 0 Å². The molecule has 0 spiro atoms. The highest BCUT2D eigenvalue weighted by molar-refractivity contribution is 5.81. The van der Waals surface area contributed by atoms with Crippen molar-refractivity contribution in [2.24, 2.45) is 17.6 Å². The minimum absolute atomic E-state index is 0.0216. The topological polar surface area (TPSA) is 55.1 Å². The maximum atomic E-state index is 12.1. The molecule has 2 unspecified atom stereocenters. The van der Waals surface area contributed by atoms with E-state index in [0.29, 0.717) is 12.3 Å². The molecule has 3 N–H and O–H groups in total. The lowest BCUT2D eigenvalue weighted by atomic mass is 9.80. The molecule has 1 aliphatic rings. The second kappa shape index (κ2) is 7.44. The van der Waals surface area contributed by atoms with Crippen molar-refractivity contribution < 1.29 is 4.79 Å². The minimum Gasteiger partial charge on any atom is -0.354 e. The molecule has 3 atom stereocenters. The Kier molecular flexibility index (Phi) is 5.60. The molecule has 0 aliphatic heterocycles. The fourth-order valence-corrected chi connectivity index (χ4v) is 3.02. The van der Waals surface area contributed by atoms with Gasteiger partial charge in [-0.15, -0.1) is 0 Å². The lowest BCUT2D eigenvalue weighted by molar-refractivity contribution is -0.122. The van der Waals surface area contributed by atoms with Crippen LogP contribution in [0.5, 0.6) is 0 Å². The minimum atomic E-state index is -0.448. The van der Waals surface area contributed by atoms with E-state index in [-0.39, 0.29) is 5.91 Å². The summed E-state index contributed by atoms with van der Waals surface area (Å²) in [6.45, 7) is 3.07. The van der Waals surface area contributed by atoms with Crippen LogP contribution in [0.3, 0.4) is 0 Å².